The lowest BCUT2D eigenvalue weighted by molar-refractivity contribution is 0.174. The van der Waals surface area contributed by atoms with Gasteiger partial charge in [-0.25, -0.2) is 0 Å². The molecule has 1 unspecified atom stereocenters. The molecule has 0 saturated heterocycles. The highest BCUT2D eigenvalue weighted by Crippen LogP contribution is 2.36. The van der Waals surface area contributed by atoms with Crippen molar-refractivity contribution < 1.29 is 14.2 Å². The molecule has 0 fully saturated rings. The summed E-state index contributed by atoms with van der Waals surface area (Å²) in [5, 5.41) is 3.52. The van der Waals surface area contributed by atoms with Gasteiger partial charge in [0.05, 0.1) is 0 Å². The van der Waals surface area contributed by atoms with Crippen molar-refractivity contribution in [1.29, 1.82) is 0 Å². The van der Waals surface area contributed by atoms with Gasteiger partial charge in [0, 0.05) is 13.7 Å². The van der Waals surface area contributed by atoms with E-state index in [1.165, 1.54) is 18.4 Å². The number of rotatable bonds is 11. The van der Waals surface area contributed by atoms with Crippen LogP contribution < -0.4 is 14.8 Å². The number of halogens is 1. The summed E-state index contributed by atoms with van der Waals surface area (Å²) in [5.74, 6) is 3.07. The third kappa shape index (κ3) is 6.88. The Kier molecular flexibility index (Phi) is 10.2. The largest absolute Gasteiger partial charge is 0.454 e. The van der Waals surface area contributed by atoms with Crippen LogP contribution in [0.3, 0.4) is 0 Å². The van der Waals surface area contributed by atoms with Crippen LogP contribution in [0.5, 0.6) is 11.5 Å². The first-order valence-corrected chi connectivity index (χ1v) is 8.80. The monoisotopic (exact) mass is 357 g/mol. The Bertz CT molecular complexity index is 468. The van der Waals surface area contributed by atoms with Crippen molar-refractivity contribution in [2.45, 2.75) is 45.4 Å². The Morgan fingerprint density at radius 2 is 1.88 bits per heavy atom. The van der Waals surface area contributed by atoms with Gasteiger partial charge in [0.1, 0.15) is 0 Å². The molecule has 0 bridgehead atoms. The molecule has 0 aliphatic carbocycles. The van der Waals surface area contributed by atoms with Crippen molar-refractivity contribution in [3.05, 3.63) is 23.8 Å². The summed E-state index contributed by atoms with van der Waals surface area (Å²) < 4.78 is 16.0. The molecular weight excluding hydrogens is 326 g/mol. The lowest BCUT2D eigenvalue weighted by atomic mass is 9.88. The van der Waals surface area contributed by atoms with Gasteiger partial charge < -0.3 is 19.5 Å². The predicted molar refractivity (Wildman–Crippen MR) is 101 cm³/mol. The maximum atomic E-state index is 5.53. The molecule has 0 saturated carbocycles. The second-order valence-corrected chi connectivity index (χ2v) is 6.67. The molecular formula is C19H32ClNO3. The van der Waals surface area contributed by atoms with Crippen molar-refractivity contribution in [3.63, 3.8) is 0 Å². The van der Waals surface area contributed by atoms with E-state index in [1.54, 1.807) is 7.11 Å². The molecule has 4 nitrogen and oxygen atoms in total. The van der Waals surface area contributed by atoms with Crippen LogP contribution in [0, 0.1) is 5.92 Å². The fourth-order valence-electron chi connectivity index (χ4n) is 2.92. The van der Waals surface area contributed by atoms with E-state index in [0.717, 1.165) is 50.0 Å². The van der Waals surface area contributed by atoms with Crippen molar-refractivity contribution in [3.8, 4) is 11.5 Å². The number of benzene rings is 1. The highest BCUT2D eigenvalue weighted by atomic mass is 35.5. The van der Waals surface area contributed by atoms with Gasteiger partial charge in [-0.1, -0.05) is 26.3 Å². The minimum absolute atomic E-state index is 0. The lowest BCUT2D eigenvalue weighted by Crippen LogP contribution is -2.20. The molecule has 2 rings (SSSR count). The third-order valence-electron chi connectivity index (χ3n) is 4.33. The number of fused-ring (bicyclic) bond motifs is 1. The quantitative estimate of drug-likeness (QED) is 0.597. The molecule has 1 aromatic rings. The SMILES string of the molecule is COCCCNCCC(CCC(C)C)c1ccc2c(c1)OCO2.Cl. The molecule has 1 aliphatic rings. The summed E-state index contributed by atoms with van der Waals surface area (Å²) in [6.07, 6.45) is 4.69. The minimum atomic E-state index is 0. The van der Waals surface area contributed by atoms with Crippen LogP contribution in [0.1, 0.15) is 51.0 Å². The first kappa shape index (κ1) is 21.1. The van der Waals surface area contributed by atoms with Gasteiger partial charge in [-0.05, 0) is 61.9 Å². The van der Waals surface area contributed by atoms with E-state index in [0.29, 0.717) is 12.7 Å². The van der Waals surface area contributed by atoms with Gasteiger partial charge in [0.25, 0.3) is 0 Å². The molecule has 0 spiro atoms. The highest BCUT2D eigenvalue weighted by molar-refractivity contribution is 5.85. The summed E-state index contributed by atoms with van der Waals surface area (Å²) in [4.78, 5) is 0. The topological polar surface area (TPSA) is 39.7 Å². The average Bonchev–Trinajstić information content (AvgIpc) is 3.00. The zero-order valence-electron chi connectivity index (χ0n) is 15.2. The number of methoxy groups -OCH3 is 1. The lowest BCUT2D eigenvalue weighted by Gasteiger charge is -2.19. The standard InChI is InChI=1S/C19H31NO3.ClH/c1-15(2)5-6-16(9-11-20-10-4-12-21-3)17-7-8-18-19(13-17)23-14-22-18;/h7-8,13,15-16,20H,4-6,9-12,14H2,1-3H3;1H. The van der Waals surface area contributed by atoms with Gasteiger partial charge in [-0.2, -0.15) is 0 Å². The van der Waals surface area contributed by atoms with Gasteiger partial charge in [-0.3, -0.25) is 0 Å². The van der Waals surface area contributed by atoms with Gasteiger partial charge in [-0.15, -0.1) is 12.4 Å². The summed E-state index contributed by atoms with van der Waals surface area (Å²) in [6, 6.07) is 6.41. The Labute approximate surface area is 152 Å². The van der Waals surface area contributed by atoms with E-state index in [2.05, 4.69) is 31.3 Å². The maximum absolute atomic E-state index is 5.53. The molecule has 24 heavy (non-hydrogen) atoms. The van der Waals surface area contributed by atoms with E-state index in [9.17, 15) is 0 Å². The summed E-state index contributed by atoms with van der Waals surface area (Å²) >= 11 is 0. The van der Waals surface area contributed by atoms with Gasteiger partial charge >= 0.3 is 0 Å². The van der Waals surface area contributed by atoms with E-state index in [-0.39, 0.29) is 12.4 Å². The summed E-state index contributed by atoms with van der Waals surface area (Å²) in [5.41, 5.74) is 1.37. The minimum Gasteiger partial charge on any atom is -0.454 e. The predicted octanol–water partition coefficient (Wildman–Crippen LogP) is 4.37. The van der Waals surface area contributed by atoms with Crippen LogP contribution in [0.2, 0.25) is 0 Å². The molecule has 0 amide bonds. The Morgan fingerprint density at radius 3 is 2.62 bits per heavy atom. The molecule has 1 aliphatic heterocycles. The second-order valence-electron chi connectivity index (χ2n) is 6.67. The third-order valence-corrected chi connectivity index (χ3v) is 4.33. The molecule has 1 heterocycles. The van der Waals surface area contributed by atoms with Gasteiger partial charge in [0.2, 0.25) is 6.79 Å². The maximum Gasteiger partial charge on any atom is 0.231 e. The molecule has 0 aromatic heterocycles. The zero-order valence-corrected chi connectivity index (χ0v) is 16.0. The summed E-state index contributed by atoms with van der Waals surface area (Å²) in [7, 11) is 1.75. The van der Waals surface area contributed by atoms with Crippen LogP contribution in [0.15, 0.2) is 18.2 Å². The fraction of sp³-hybridized carbons (Fsp3) is 0.684. The van der Waals surface area contributed by atoms with E-state index in [1.807, 2.05) is 6.07 Å². The smallest absolute Gasteiger partial charge is 0.231 e. The first-order chi connectivity index (χ1) is 11.2. The van der Waals surface area contributed by atoms with E-state index < -0.39 is 0 Å². The average molecular weight is 358 g/mol. The van der Waals surface area contributed by atoms with Gasteiger partial charge in [0.15, 0.2) is 11.5 Å². The van der Waals surface area contributed by atoms with Crippen LogP contribution in [-0.2, 0) is 4.74 Å². The molecule has 1 aromatic carbocycles. The van der Waals surface area contributed by atoms with Crippen molar-refractivity contribution >= 4 is 12.4 Å². The normalized spacial score (nSPS) is 13.8. The highest BCUT2D eigenvalue weighted by Gasteiger charge is 2.18. The second kappa shape index (κ2) is 11.6. The number of hydrogen-bond donors (Lipinski definition) is 1. The Hall–Kier alpha value is -0.970. The molecule has 1 N–H and O–H groups in total. The van der Waals surface area contributed by atoms with E-state index >= 15 is 0 Å². The number of ether oxygens (including phenoxy) is 3. The van der Waals surface area contributed by atoms with Crippen molar-refractivity contribution in [2.75, 3.05) is 33.6 Å². The zero-order chi connectivity index (χ0) is 16.5. The summed E-state index contributed by atoms with van der Waals surface area (Å²) in [6.45, 7) is 7.81. The van der Waals surface area contributed by atoms with Crippen molar-refractivity contribution in [2.24, 2.45) is 5.92 Å². The first-order valence-electron chi connectivity index (χ1n) is 8.80. The van der Waals surface area contributed by atoms with Crippen LogP contribution in [0.4, 0.5) is 0 Å². The van der Waals surface area contributed by atoms with Crippen molar-refractivity contribution in [1.82, 2.24) is 5.32 Å². The molecule has 1 atom stereocenters. The van der Waals surface area contributed by atoms with Crippen LogP contribution in [-0.4, -0.2) is 33.6 Å². The van der Waals surface area contributed by atoms with Crippen LogP contribution >= 0.6 is 12.4 Å². The molecule has 138 valence electrons. The van der Waals surface area contributed by atoms with Crippen LogP contribution in [0.25, 0.3) is 0 Å². The molecule has 5 heteroatoms. The number of nitrogens with one attached hydrogen (secondary N) is 1. The fourth-order valence-corrected chi connectivity index (χ4v) is 2.92. The number of hydrogen-bond acceptors (Lipinski definition) is 4. The Morgan fingerprint density at radius 1 is 1.08 bits per heavy atom. The molecule has 0 radical (unpaired) electrons. The Balaban J connectivity index is 0.00000288. The van der Waals surface area contributed by atoms with E-state index in [4.69, 9.17) is 14.2 Å².